The van der Waals surface area contributed by atoms with Crippen molar-refractivity contribution in [1.29, 1.82) is 0 Å². The first-order valence-electron chi connectivity index (χ1n) is 8.84. The lowest BCUT2D eigenvalue weighted by atomic mass is 10.1. The largest absolute Gasteiger partial charge is 0.356 e. The molecule has 1 saturated heterocycles. The first-order chi connectivity index (χ1) is 11.5. The molecule has 1 fully saturated rings. The molecular weight excluding hydrogens is 427 g/mol. The monoisotopic (exact) mass is 458 g/mol. The lowest BCUT2D eigenvalue weighted by Gasteiger charge is -2.18. The first-order valence-corrected chi connectivity index (χ1v) is 8.84. The maximum Gasteiger partial charge on any atom is 0.222 e. The van der Waals surface area contributed by atoms with Crippen molar-refractivity contribution in [3.05, 3.63) is 34.9 Å². The summed E-state index contributed by atoms with van der Waals surface area (Å²) in [5.74, 6) is 1.05. The number of guanidine groups is 1. The Hall–Kier alpha value is -1.31. The highest BCUT2D eigenvalue weighted by atomic mass is 127. The second-order valence-electron chi connectivity index (χ2n) is 6.57. The molecule has 0 radical (unpaired) electrons. The number of likely N-dealkylation sites (tertiary alicyclic amines) is 1. The van der Waals surface area contributed by atoms with Crippen LogP contribution in [0.4, 0.5) is 0 Å². The normalized spacial score (nSPS) is 17.2. The van der Waals surface area contributed by atoms with E-state index >= 15 is 0 Å². The average Bonchev–Trinajstić information content (AvgIpc) is 3.00. The van der Waals surface area contributed by atoms with E-state index in [1.54, 1.807) is 7.05 Å². The minimum absolute atomic E-state index is 0. The summed E-state index contributed by atoms with van der Waals surface area (Å²) in [4.78, 5) is 18.0. The number of hydrogen-bond donors (Lipinski definition) is 2. The smallest absolute Gasteiger partial charge is 0.222 e. The lowest BCUT2D eigenvalue weighted by Crippen LogP contribution is -2.45. The quantitative estimate of drug-likeness (QED) is 0.405. The van der Waals surface area contributed by atoms with Crippen molar-refractivity contribution in [1.82, 2.24) is 15.5 Å². The van der Waals surface area contributed by atoms with Gasteiger partial charge >= 0.3 is 0 Å². The fourth-order valence-electron chi connectivity index (χ4n) is 3.25. The van der Waals surface area contributed by atoms with Crippen molar-refractivity contribution in [2.45, 2.75) is 46.1 Å². The molecule has 2 rings (SSSR count). The zero-order valence-electron chi connectivity index (χ0n) is 15.8. The van der Waals surface area contributed by atoms with Crippen LogP contribution >= 0.6 is 24.0 Å². The summed E-state index contributed by atoms with van der Waals surface area (Å²) in [5, 5.41) is 6.81. The molecule has 0 spiro atoms. The van der Waals surface area contributed by atoms with Crippen LogP contribution in [0.25, 0.3) is 0 Å². The number of carbonyl (C=O) groups excluding carboxylic acids is 1. The Kier molecular flexibility index (Phi) is 9.24. The Labute approximate surface area is 168 Å². The van der Waals surface area contributed by atoms with Crippen LogP contribution < -0.4 is 10.6 Å². The van der Waals surface area contributed by atoms with E-state index in [1.807, 2.05) is 11.8 Å². The van der Waals surface area contributed by atoms with Gasteiger partial charge in [0.2, 0.25) is 5.91 Å². The number of nitrogens with one attached hydrogen (secondary N) is 2. The van der Waals surface area contributed by atoms with Gasteiger partial charge in [0.25, 0.3) is 0 Å². The number of rotatable bonds is 5. The third-order valence-electron chi connectivity index (χ3n) is 4.40. The zero-order chi connectivity index (χ0) is 17.5. The highest BCUT2D eigenvalue weighted by Crippen LogP contribution is 2.11. The van der Waals surface area contributed by atoms with Crippen molar-refractivity contribution >= 4 is 35.8 Å². The SMILES string of the molecule is CCC(=O)N1CCC(NC(=NC)NCCc2cc(C)cc(C)c2)C1.I. The molecule has 1 aromatic carbocycles. The number of amides is 1. The molecule has 1 aromatic rings. The maximum atomic E-state index is 11.8. The highest BCUT2D eigenvalue weighted by molar-refractivity contribution is 14.0. The molecule has 6 heteroatoms. The fraction of sp³-hybridized carbons (Fsp3) is 0.579. The molecule has 2 N–H and O–H groups in total. The molecule has 1 unspecified atom stereocenters. The van der Waals surface area contributed by atoms with E-state index in [2.05, 4.69) is 47.7 Å². The average molecular weight is 458 g/mol. The minimum atomic E-state index is 0. The molecule has 0 aliphatic carbocycles. The van der Waals surface area contributed by atoms with Crippen molar-refractivity contribution in [2.75, 3.05) is 26.7 Å². The van der Waals surface area contributed by atoms with Gasteiger partial charge in [-0.3, -0.25) is 9.79 Å². The van der Waals surface area contributed by atoms with Crippen LogP contribution in [0.1, 0.15) is 36.5 Å². The minimum Gasteiger partial charge on any atom is -0.356 e. The summed E-state index contributed by atoms with van der Waals surface area (Å²) < 4.78 is 0. The van der Waals surface area contributed by atoms with E-state index in [9.17, 15) is 4.79 Å². The van der Waals surface area contributed by atoms with Gasteiger partial charge in [0, 0.05) is 39.1 Å². The Bertz CT molecular complexity index is 583. The van der Waals surface area contributed by atoms with E-state index in [-0.39, 0.29) is 35.9 Å². The van der Waals surface area contributed by atoms with Crippen LogP contribution in [0.2, 0.25) is 0 Å². The van der Waals surface area contributed by atoms with Crippen LogP contribution in [0.3, 0.4) is 0 Å². The summed E-state index contributed by atoms with van der Waals surface area (Å²) in [6.45, 7) is 8.62. The third kappa shape index (κ3) is 6.84. The lowest BCUT2D eigenvalue weighted by molar-refractivity contribution is -0.129. The van der Waals surface area contributed by atoms with E-state index < -0.39 is 0 Å². The van der Waals surface area contributed by atoms with Gasteiger partial charge in [0.05, 0.1) is 0 Å². The summed E-state index contributed by atoms with van der Waals surface area (Å²) in [5.41, 5.74) is 3.95. The standard InChI is InChI=1S/C19H30N4O.HI/c1-5-18(24)23-9-7-17(13-23)22-19(20-4)21-8-6-16-11-14(2)10-15(3)12-16;/h10-12,17H,5-9,13H2,1-4H3,(H2,20,21,22);1H. The predicted molar refractivity (Wildman–Crippen MR) is 115 cm³/mol. The van der Waals surface area contributed by atoms with Crippen LogP contribution in [-0.4, -0.2) is 49.5 Å². The maximum absolute atomic E-state index is 11.8. The van der Waals surface area contributed by atoms with Crippen molar-refractivity contribution < 1.29 is 4.79 Å². The van der Waals surface area contributed by atoms with Gasteiger partial charge < -0.3 is 15.5 Å². The molecule has 0 aromatic heterocycles. The Morgan fingerprint density at radius 1 is 1.28 bits per heavy atom. The Balaban J connectivity index is 0.00000312. The van der Waals surface area contributed by atoms with Crippen LogP contribution in [0, 0.1) is 13.8 Å². The molecule has 1 amide bonds. The Morgan fingerprint density at radius 3 is 2.56 bits per heavy atom. The fourth-order valence-corrected chi connectivity index (χ4v) is 3.25. The Morgan fingerprint density at radius 2 is 1.96 bits per heavy atom. The molecule has 1 heterocycles. The summed E-state index contributed by atoms with van der Waals surface area (Å²) in [6, 6.07) is 6.94. The molecule has 0 saturated carbocycles. The van der Waals surface area contributed by atoms with Gasteiger partial charge in [-0.25, -0.2) is 0 Å². The summed E-state index contributed by atoms with van der Waals surface area (Å²) >= 11 is 0. The van der Waals surface area contributed by atoms with Crippen molar-refractivity contribution in [3.8, 4) is 0 Å². The number of hydrogen-bond acceptors (Lipinski definition) is 2. The topological polar surface area (TPSA) is 56.7 Å². The van der Waals surface area contributed by atoms with Gasteiger partial charge in [-0.2, -0.15) is 0 Å². The molecule has 1 aliphatic heterocycles. The highest BCUT2D eigenvalue weighted by Gasteiger charge is 2.25. The number of aliphatic imine (C=N–C) groups is 1. The number of carbonyl (C=O) groups is 1. The number of nitrogens with zero attached hydrogens (tertiary/aromatic N) is 2. The van der Waals surface area contributed by atoms with Gasteiger partial charge in [-0.1, -0.05) is 36.2 Å². The molecule has 1 atom stereocenters. The van der Waals surface area contributed by atoms with Gasteiger partial charge in [-0.15, -0.1) is 24.0 Å². The van der Waals surface area contributed by atoms with Gasteiger partial charge in [0.15, 0.2) is 5.96 Å². The number of halogens is 1. The van der Waals surface area contributed by atoms with Crippen LogP contribution in [-0.2, 0) is 11.2 Å². The third-order valence-corrected chi connectivity index (χ3v) is 4.40. The molecule has 1 aliphatic rings. The summed E-state index contributed by atoms with van der Waals surface area (Å²) in [6.07, 6.45) is 2.52. The van der Waals surface area contributed by atoms with Crippen LogP contribution in [0.5, 0.6) is 0 Å². The zero-order valence-corrected chi connectivity index (χ0v) is 18.1. The molecule has 140 valence electrons. The van der Waals surface area contributed by atoms with E-state index in [1.165, 1.54) is 16.7 Å². The first kappa shape index (κ1) is 21.7. The van der Waals surface area contributed by atoms with Crippen LogP contribution in [0.15, 0.2) is 23.2 Å². The van der Waals surface area contributed by atoms with Gasteiger partial charge in [-0.05, 0) is 32.3 Å². The van der Waals surface area contributed by atoms with Gasteiger partial charge in [0.1, 0.15) is 0 Å². The molecule has 25 heavy (non-hydrogen) atoms. The molecular formula is C19H31IN4O. The second kappa shape index (κ2) is 10.6. The van der Waals surface area contributed by atoms with E-state index in [4.69, 9.17) is 0 Å². The predicted octanol–water partition coefficient (Wildman–Crippen LogP) is 2.64. The number of aryl methyl sites for hydroxylation is 2. The van der Waals surface area contributed by atoms with Crippen molar-refractivity contribution in [2.24, 2.45) is 4.99 Å². The molecule has 0 bridgehead atoms. The summed E-state index contributed by atoms with van der Waals surface area (Å²) in [7, 11) is 1.79. The van der Waals surface area contributed by atoms with Crippen molar-refractivity contribution in [3.63, 3.8) is 0 Å². The second-order valence-corrected chi connectivity index (χ2v) is 6.57. The molecule has 5 nitrogen and oxygen atoms in total. The van der Waals surface area contributed by atoms with E-state index in [0.717, 1.165) is 38.4 Å². The number of benzene rings is 1. The van der Waals surface area contributed by atoms with E-state index in [0.29, 0.717) is 6.42 Å².